The highest BCUT2D eigenvalue weighted by atomic mass is 32.2. The highest BCUT2D eigenvalue weighted by Crippen LogP contribution is 2.34. The minimum Gasteiger partial charge on any atom is -0.497 e. The molecular weight excluding hydrogens is 462 g/mol. The Labute approximate surface area is 207 Å². The van der Waals surface area contributed by atoms with Crippen molar-refractivity contribution in [2.45, 2.75) is 24.9 Å². The van der Waals surface area contributed by atoms with E-state index in [1.807, 2.05) is 74.5 Å². The Morgan fingerprint density at radius 1 is 1.17 bits per heavy atom. The number of rotatable bonds is 8. The zero-order valence-electron chi connectivity index (χ0n) is 19.6. The van der Waals surface area contributed by atoms with Crippen LogP contribution in [0.3, 0.4) is 0 Å². The molecule has 9 heteroatoms. The van der Waals surface area contributed by atoms with Gasteiger partial charge in [0, 0.05) is 11.1 Å². The van der Waals surface area contributed by atoms with Gasteiger partial charge in [-0.05, 0) is 42.3 Å². The summed E-state index contributed by atoms with van der Waals surface area (Å²) >= 11 is 1.20. The predicted molar refractivity (Wildman–Crippen MR) is 133 cm³/mol. The van der Waals surface area contributed by atoms with E-state index in [2.05, 4.69) is 16.7 Å². The first kappa shape index (κ1) is 24.0. The molecule has 2 heterocycles. The van der Waals surface area contributed by atoms with E-state index < -0.39 is 0 Å². The summed E-state index contributed by atoms with van der Waals surface area (Å²) in [6.45, 7) is 3.92. The SMILES string of the molecule is COc1ccc(-c2cc(-c3ccccc3)nc(SCC(=O)Nc3c[n+](C(C)C)no3)c2C#N)cc1. The fourth-order valence-corrected chi connectivity index (χ4v) is 4.16. The van der Waals surface area contributed by atoms with E-state index in [1.54, 1.807) is 18.0 Å². The molecule has 8 nitrogen and oxygen atoms in total. The van der Waals surface area contributed by atoms with Gasteiger partial charge in [-0.1, -0.05) is 54.2 Å². The number of hydrogen-bond donors (Lipinski definition) is 1. The number of hydrogen-bond acceptors (Lipinski definition) is 7. The molecule has 0 saturated heterocycles. The normalized spacial score (nSPS) is 10.7. The summed E-state index contributed by atoms with van der Waals surface area (Å²) in [4.78, 5) is 17.3. The highest BCUT2D eigenvalue weighted by Gasteiger charge is 2.19. The number of methoxy groups -OCH3 is 1. The molecule has 0 aliphatic rings. The lowest BCUT2D eigenvalue weighted by atomic mass is 9.99. The van der Waals surface area contributed by atoms with Crippen LogP contribution in [0.1, 0.15) is 25.5 Å². The van der Waals surface area contributed by atoms with Gasteiger partial charge in [-0.3, -0.25) is 14.6 Å². The third kappa shape index (κ3) is 5.67. The molecule has 4 rings (SSSR count). The van der Waals surface area contributed by atoms with Crippen LogP contribution in [0.4, 0.5) is 5.88 Å². The number of ether oxygens (including phenoxy) is 1. The van der Waals surface area contributed by atoms with E-state index in [1.165, 1.54) is 11.8 Å². The average molecular weight is 487 g/mol. The van der Waals surface area contributed by atoms with E-state index in [9.17, 15) is 10.1 Å². The van der Waals surface area contributed by atoms with Gasteiger partial charge in [-0.15, -0.1) is 0 Å². The number of amides is 1. The molecule has 1 N–H and O–H groups in total. The van der Waals surface area contributed by atoms with Crippen molar-refractivity contribution >= 4 is 23.6 Å². The van der Waals surface area contributed by atoms with Gasteiger partial charge in [0.15, 0.2) is 6.04 Å². The first-order valence-corrected chi connectivity index (χ1v) is 11.9. The monoisotopic (exact) mass is 486 g/mol. The smallest absolute Gasteiger partial charge is 0.302 e. The maximum Gasteiger partial charge on any atom is 0.302 e. The van der Waals surface area contributed by atoms with Gasteiger partial charge < -0.3 is 4.74 Å². The Morgan fingerprint density at radius 2 is 1.91 bits per heavy atom. The fourth-order valence-electron chi connectivity index (χ4n) is 3.35. The van der Waals surface area contributed by atoms with Crippen molar-refractivity contribution in [3.63, 3.8) is 0 Å². The number of thioether (sulfide) groups is 1. The number of pyridine rings is 1. The molecule has 1 amide bonds. The van der Waals surface area contributed by atoms with Crippen molar-refractivity contribution in [2.24, 2.45) is 0 Å². The molecule has 2 aromatic heterocycles. The third-order valence-corrected chi connectivity index (χ3v) is 6.16. The number of aromatic nitrogens is 3. The number of anilines is 1. The van der Waals surface area contributed by atoms with Crippen LogP contribution >= 0.6 is 11.8 Å². The summed E-state index contributed by atoms with van der Waals surface area (Å²) in [6.07, 6.45) is 1.63. The van der Waals surface area contributed by atoms with Crippen LogP contribution < -0.4 is 14.7 Å². The van der Waals surface area contributed by atoms with Gasteiger partial charge in [-0.25, -0.2) is 4.98 Å². The molecule has 0 spiro atoms. The first-order chi connectivity index (χ1) is 17.0. The van der Waals surface area contributed by atoms with Gasteiger partial charge in [0.05, 0.1) is 24.1 Å². The Morgan fingerprint density at radius 3 is 2.54 bits per heavy atom. The standard InChI is InChI=1S/C26H23N5O3S/c1-17(2)31-15-25(34-30-31)29-24(32)16-35-26-22(14-27)21(18-9-11-20(33-3)12-10-18)13-23(28-26)19-7-5-4-6-8-19/h4-13,15,17H,16H2,1-3H3/p+1. The Bertz CT molecular complexity index is 1360. The summed E-state index contributed by atoms with van der Waals surface area (Å²) < 4.78 is 12.0. The van der Waals surface area contributed by atoms with Crippen LogP contribution in [0.15, 0.2) is 76.4 Å². The molecule has 0 atom stereocenters. The largest absolute Gasteiger partial charge is 0.497 e. The molecule has 2 aromatic carbocycles. The van der Waals surface area contributed by atoms with Crippen molar-refractivity contribution in [2.75, 3.05) is 18.2 Å². The number of nitriles is 1. The van der Waals surface area contributed by atoms with Crippen molar-refractivity contribution in [3.05, 3.63) is 72.4 Å². The third-order valence-electron chi connectivity index (χ3n) is 5.18. The molecule has 0 bridgehead atoms. The molecule has 35 heavy (non-hydrogen) atoms. The summed E-state index contributed by atoms with van der Waals surface area (Å²) in [7, 11) is 1.61. The summed E-state index contributed by atoms with van der Waals surface area (Å²) in [5, 5.41) is 17.1. The maximum absolute atomic E-state index is 12.6. The predicted octanol–water partition coefficient (Wildman–Crippen LogP) is 4.88. The molecule has 0 saturated carbocycles. The quantitative estimate of drug-likeness (QED) is 0.279. The number of nitrogens with zero attached hydrogens (tertiary/aromatic N) is 4. The summed E-state index contributed by atoms with van der Waals surface area (Å²) in [6, 6.07) is 21.5. The fraction of sp³-hybridized carbons (Fsp3) is 0.192. The van der Waals surface area contributed by atoms with E-state index in [0.717, 1.165) is 22.4 Å². The topological polar surface area (TPSA) is 105 Å². The van der Waals surface area contributed by atoms with Crippen molar-refractivity contribution in [1.82, 2.24) is 10.3 Å². The second-order valence-electron chi connectivity index (χ2n) is 7.92. The number of nitrogens with one attached hydrogen (secondary N) is 1. The second kappa shape index (κ2) is 10.8. The van der Waals surface area contributed by atoms with Gasteiger partial charge in [0.25, 0.3) is 6.20 Å². The van der Waals surface area contributed by atoms with Gasteiger partial charge in [-0.2, -0.15) is 5.26 Å². The average Bonchev–Trinajstić information content (AvgIpc) is 3.36. The van der Waals surface area contributed by atoms with E-state index in [-0.39, 0.29) is 23.6 Å². The zero-order chi connectivity index (χ0) is 24.8. The lowest BCUT2D eigenvalue weighted by Gasteiger charge is -2.13. The minimum atomic E-state index is -0.288. The van der Waals surface area contributed by atoms with E-state index in [0.29, 0.717) is 16.3 Å². The lowest BCUT2D eigenvalue weighted by molar-refractivity contribution is -0.779. The number of carbonyl (C=O) groups excluding carboxylic acids is 1. The second-order valence-corrected chi connectivity index (χ2v) is 8.88. The Balaban J connectivity index is 1.65. The molecule has 0 radical (unpaired) electrons. The molecule has 4 aromatic rings. The maximum atomic E-state index is 12.6. The van der Waals surface area contributed by atoms with Crippen LogP contribution in [0.5, 0.6) is 5.75 Å². The molecular formula is C26H24N5O3S+. The van der Waals surface area contributed by atoms with Crippen molar-refractivity contribution in [3.8, 4) is 34.2 Å². The molecule has 0 aliphatic carbocycles. The molecule has 176 valence electrons. The molecule has 0 unspecified atom stereocenters. The van der Waals surface area contributed by atoms with Crippen LogP contribution in [-0.2, 0) is 4.79 Å². The van der Waals surface area contributed by atoms with Gasteiger partial charge >= 0.3 is 5.88 Å². The Kier molecular flexibility index (Phi) is 7.43. The van der Waals surface area contributed by atoms with Gasteiger partial charge in [0.1, 0.15) is 16.8 Å². The van der Waals surface area contributed by atoms with E-state index >= 15 is 0 Å². The van der Waals surface area contributed by atoms with Crippen molar-refractivity contribution < 1.29 is 18.7 Å². The first-order valence-electron chi connectivity index (χ1n) is 10.9. The van der Waals surface area contributed by atoms with Crippen molar-refractivity contribution in [1.29, 1.82) is 5.26 Å². The van der Waals surface area contributed by atoms with E-state index in [4.69, 9.17) is 14.2 Å². The molecule has 0 aliphatic heterocycles. The van der Waals surface area contributed by atoms with Crippen LogP contribution in [0, 0.1) is 11.3 Å². The highest BCUT2D eigenvalue weighted by molar-refractivity contribution is 8.00. The molecule has 0 fully saturated rings. The summed E-state index contributed by atoms with van der Waals surface area (Å²) in [5.74, 6) is 0.741. The number of benzene rings is 2. The number of carbonyl (C=O) groups is 1. The summed E-state index contributed by atoms with van der Waals surface area (Å²) in [5.41, 5.74) is 3.63. The van der Waals surface area contributed by atoms with Gasteiger partial charge in [0.2, 0.25) is 11.2 Å². The lowest BCUT2D eigenvalue weighted by Crippen LogP contribution is -2.36. The minimum absolute atomic E-state index is 0.0460. The Hall–Kier alpha value is -4.16. The van der Waals surface area contributed by atoms with Crippen LogP contribution in [-0.4, -0.2) is 29.0 Å². The van der Waals surface area contributed by atoms with Crippen LogP contribution in [0.2, 0.25) is 0 Å². The van der Waals surface area contributed by atoms with Crippen LogP contribution in [0.25, 0.3) is 22.4 Å². The zero-order valence-corrected chi connectivity index (χ0v) is 20.4.